The number of hydrogen-bond donors (Lipinski definition) is 1. The molecule has 0 unspecified atom stereocenters. The van der Waals surface area contributed by atoms with Gasteiger partial charge in [-0.3, -0.25) is 5.10 Å². The van der Waals surface area contributed by atoms with Crippen LogP contribution in [0.2, 0.25) is 0 Å². The monoisotopic (exact) mass is 277 g/mol. The first-order valence-electron chi connectivity index (χ1n) is 6.21. The molecule has 0 bridgehead atoms. The van der Waals surface area contributed by atoms with Crippen LogP contribution in [0.4, 0.5) is 0 Å². The average Bonchev–Trinajstić information content (AvgIpc) is 2.67. The third-order valence-electron chi connectivity index (χ3n) is 3.06. The van der Waals surface area contributed by atoms with Crippen LogP contribution in [0, 0.1) is 4.77 Å². The van der Waals surface area contributed by atoms with Gasteiger partial charge < -0.3 is 9.30 Å². The molecule has 1 aromatic heterocycles. The fourth-order valence-corrected chi connectivity index (χ4v) is 1.86. The molecule has 5 heteroatoms. The summed E-state index contributed by atoms with van der Waals surface area (Å²) in [6.07, 6.45) is 0. The zero-order chi connectivity index (χ0) is 14.0. The van der Waals surface area contributed by atoms with Crippen molar-refractivity contribution in [1.29, 1.82) is 0 Å². The van der Waals surface area contributed by atoms with Gasteiger partial charge in [0.25, 0.3) is 0 Å². The summed E-state index contributed by atoms with van der Waals surface area (Å²) in [6.45, 7) is 6.98. The maximum Gasteiger partial charge on any atom is 0.194 e. The van der Waals surface area contributed by atoms with Crippen LogP contribution in [-0.2, 0) is 19.1 Å². The van der Waals surface area contributed by atoms with Gasteiger partial charge in [-0.25, -0.2) is 0 Å². The summed E-state index contributed by atoms with van der Waals surface area (Å²) < 4.78 is 8.11. The van der Waals surface area contributed by atoms with E-state index in [1.54, 1.807) is 4.57 Å². The molecule has 2 rings (SSSR count). The first kappa shape index (κ1) is 13.8. The highest BCUT2D eigenvalue weighted by Gasteiger charge is 2.13. The van der Waals surface area contributed by atoms with Gasteiger partial charge in [-0.1, -0.05) is 32.9 Å². The van der Waals surface area contributed by atoms with Crippen molar-refractivity contribution in [2.24, 2.45) is 7.05 Å². The predicted octanol–water partition coefficient (Wildman–Crippen LogP) is 3.35. The second kappa shape index (κ2) is 5.17. The first-order valence-corrected chi connectivity index (χ1v) is 6.62. The lowest BCUT2D eigenvalue weighted by Gasteiger charge is -2.19. The number of rotatable bonds is 3. The Morgan fingerprint density at radius 3 is 2.37 bits per heavy atom. The van der Waals surface area contributed by atoms with Gasteiger partial charge in [-0.2, -0.15) is 5.10 Å². The van der Waals surface area contributed by atoms with E-state index in [1.807, 2.05) is 19.2 Å². The zero-order valence-electron chi connectivity index (χ0n) is 11.7. The third kappa shape index (κ3) is 3.23. The topological polar surface area (TPSA) is 42.8 Å². The lowest BCUT2D eigenvalue weighted by Crippen LogP contribution is -2.10. The van der Waals surface area contributed by atoms with E-state index in [0.717, 1.165) is 11.6 Å². The minimum atomic E-state index is 0.157. The Balaban J connectivity index is 2.05. The Bertz CT molecular complexity index is 605. The molecule has 1 aromatic carbocycles. The van der Waals surface area contributed by atoms with Gasteiger partial charge >= 0.3 is 0 Å². The summed E-state index contributed by atoms with van der Waals surface area (Å²) in [5.41, 5.74) is 1.45. The molecule has 0 aliphatic heterocycles. The molecule has 0 aliphatic carbocycles. The van der Waals surface area contributed by atoms with Crippen LogP contribution in [0.1, 0.15) is 32.2 Å². The molecule has 0 atom stereocenters. The Kier molecular flexibility index (Phi) is 3.75. The number of H-pyrrole nitrogens is 1. The number of ether oxygens (including phenoxy) is 1. The Morgan fingerprint density at radius 2 is 1.89 bits per heavy atom. The summed E-state index contributed by atoms with van der Waals surface area (Å²) in [6, 6.07) is 8.17. The molecule has 1 N–H and O–H groups in total. The molecule has 1 heterocycles. The molecule has 0 spiro atoms. The molecule has 0 radical (unpaired) electrons. The fourth-order valence-electron chi connectivity index (χ4n) is 1.71. The number of nitrogens with one attached hydrogen (secondary N) is 1. The van der Waals surface area contributed by atoms with Gasteiger partial charge in [0.05, 0.1) is 0 Å². The fraction of sp³-hybridized carbons (Fsp3) is 0.429. The quantitative estimate of drug-likeness (QED) is 0.875. The van der Waals surface area contributed by atoms with Crippen molar-refractivity contribution in [2.45, 2.75) is 32.8 Å². The molecular formula is C14H19N3OS. The van der Waals surface area contributed by atoms with Crippen molar-refractivity contribution < 1.29 is 4.74 Å². The van der Waals surface area contributed by atoms with Crippen LogP contribution in [0.3, 0.4) is 0 Å². The summed E-state index contributed by atoms with van der Waals surface area (Å²) >= 11 is 5.05. The van der Waals surface area contributed by atoms with Gasteiger partial charge in [-0.15, -0.1) is 0 Å². The van der Waals surface area contributed by atoms with Crippen molar-refractivity contribution in [3.63, 3.8) is 0 Å². The standard InChI is InChI=1S/C14H19N3OS/c1-14(2,3)10-5-7-11(8-6-10)18-9-12-15-16-13(19)17(12)4/h5-8H,9H2,1-4H3,(H,16,19). The van der Waals surface area contributed by atoms with E-state index in [-0.39, 0.29) is 5.41 Å². The van der Waals surface area contributed by atoms with Crippen molar-refractivity contribution in [3.8, 4) is 5.75 Å². The normalized spacial score (nSPS) is 11.6. The van der Waals surface area contributed by atoms with Gasteiger partial charge in [0.2, 0.25) is 0 Å². The first-order chi connectivity index (χ1) is 8.88. The number of nitrogens with zero attached hydrogens (tertiary/aromatic N) is 2. The molecule has 102 valence electrons. The summed E-state index contributed by atoms with van der Waals surface area (Å²) in [5.74, 6) is 1.62. The van der Waals surface area contributed by atoms with Gasteiger partial charge in [0.1, 0.15) is 12.4 Å². The number of hydrogen-bond acceptors (Lipinski definition) is 3. The molecule has 2 aromatic rings. The second-order valence-electron chi connectivity index (χ2n) is 5.57. The molecule has 0 fully saturated rings. The molecule has 0 amide bonds. The summed E-state index contributed by atoms with van der Waals surface area (Å²) in [7, 11) is 1.87. The molecule has 0 saturated carbocycles. The molecule has 0 aliphatic rings. The minimum Gasteiger partial charge on any atom is -0.486 e. The van der Waals surface area contributed by atoms with Crippen LogP contribution < -0.4 is 4.74 Å². The van der Waals surface area contributed by atoms with Crippen LogP contribution in [0.15, 0.2) is 24.3 Å². The van der Waals surface area contributed by atoms with E-state index in [2.05, 4.69) is 43.1 Å². The Labute approximate surface area is 118 Å². The van der Waals surface area contributed by atoms with Gasteiger partial charge in [0, 0.05) is 7.05 Å². The van der Waals surface area contributed by atoms with E-state index in [4.69, 9.17) is 17.0 Å². The van der Waals surface area contributed by atoms with Crippen LogP contribution >= 0.6 is 12.2 Å². The molecule has 19 heavy (non-hydrogen) atoms. The third-order valence-corrected chi connectivity index (χ3v) is 3.43. The van der Waals surface area contributed by atoms with Crippen molar-refractivity contribution >= 4 is 12.2 Å². The lowest BCUT2D eigenvalue weighted by molar-refractivity contribution is 0.291. The maximum absolute atomic E-state index is 5.70. The minimum absolute atomic E-state index is 0.157. The molecule has 4 nitrogen and oxygen atoms in total. The zero-order valence-corrected chi connectivity index (χ0v) is 12.5. The second-order valence-corrected chi connectivity index (χ2v) is 5.95. The van der Waals surface area contributed by atoms with Crippen LogP contribution in [0.5, 0.6) is 5.75 Å². The van der Waals surface area contributed by atoms with E-state index in [0.29, 0.717) is 11.4 Å². The van der Waals surface area contributed by atoms with Gasteiger partial charge in [-0.05, 0) is 35.3 Å². The van der Waals surface area contributed by atoms with E-state index < -0.39 is 0 Å². The summed E-state index contributed by atoms with van der Waals surface area (Å²) in [4.78, 5) is 0. The van der Waals surface area contributed by atoms with Crippen molar-refractivity contribution in [1.82, 2.24) is 14.8 Å². The number of aromatic amines is 1. The van der Waals surface area contributed by atoms with Crippen LogP contribution in [-0.4, -0.2) is 14.8 Å². The lowest BCUT2D eigenvalue weighted by atomic mass is 9.87. The predicted molar refractivity (Wildman–Crippen MR) is 77.9 cm³/mol. The highest BCUT2D eigenvalue weighted by Crippen LogP contribution is 2.24. The summed E-state index contributed by atoms with van der Waals surface area (Å²) in [5, 5.41) is 6.85. The maximum atomic E-state index is 5.70. The van der Waals surface area contributed by atoms with E-state index in [1.165, 1.54) is 5.56 Å². The van der Waals surface area contributed by atoms with E-state index in [9.17, 15) is 0 Å². The number of aromatic nitrogens is 3. The smallest absolute Gasteiger partial charge is 0.194 e. The highest BCUT2D eigenvalue weighted by atomic mass is 32.1. The Hall–Kier alpha value is -1.62. The van der Waals surface area contributed by atoms with E-state index >= 15 is 0 Å². The molecule has 0 saturated heterocycles. The molecular weight excluding hydrogens is 258 g/mol. The SMILES string of the molecule is Cn1c(COc2ccc(C(C)(C)C)cc2)n[nH]c1=S. The number of benzene rings is 1. The van der Waals surface area contributed by atoms with Crippen molar-refractivity contribution in [3.05, 3.63) is 40.4 Å². The van der Waals surface area contributed by atoms with Crippen LogP contribution in [0.25, 0.3) is 0 Å². The van der Waals surface area contributed by atoms with Crippen molar-refractivity contribution in [2.75, 3.05) is 0 Å². The average molecular weight is 277 g/mol. The Morgan fingerprint density at radius 1 is 1.26 bits per heavy atom. The highest BCUT2D eigenvalue weighted by molar-refractivity contribution is 7.71. The largest absolute Gasteiger partial charge is 0.486 e. The van der Waals surface area contributed by atoms with Gasteiger partial charge in [0.15, 0.2) is 10.6 Å².